The van der Waals surface area contributed by atoms with Crippen LogP contribution in [0.3, 0.4) is 0 Å². The second-order valence-electron chi connectivity index (χ2n) is 6.72. The van der Waals surface area contributed by atoms with E-state index < -0.39 is 0 Å². The van der Waals surface area contributed by atoms with Gasteiger partial charge in [-0.1, -0.05) is 5.16 Å². The Morgan fingerprint density at radius 1 is 1.38 bits per heavy atom. The van der Waals surface area contributed by atoms with E-state index in [0.29, 0.717) is 23.1 Å². The standard InChI is InChI=1S/C16H19N3O2/c1-9-12(7-17)14(18-21-9)6-15(20)19-8-13(10-2-3-10)16(19)11-4-5-11/h10-11,13,16H,2-6,8H2,1H3. The number of amides is 1. The Hall–Kier alpha value is -1.83. The van der Waals surface area contributed by atoms with Crippen molar-refractivity contribution >= 4 is 5.91 Å². The number of aryl methyl sites for hydroxylation is 1. The molecule has 1 saturated heterocycles. The lowest BCUT2D eigenvalue weighted by Gasteiger charge is -2.49. The van der Waals surface area contributed by atoms with Gasteiger partial charge < -0.3 is 9.42 Å². The van der Waals surface area contributed by atoms with Crippen molar-refractivity contribution in [2.75, 3.05) is 6.54 Å². The van der Waals surface area contributed by atoms with E-state index >= 15 is 0 Å². The number of carbonyl (C=O) groups is 1. The molecule has 2 atom stereocenters. The SMILES string of the molecule is Cc1onc(CC(=O)N2CC(C3CC3)C2C2CC2)c1C#N. The highest BCUT2D eigenvalue weighted by atomic mass is 16.5. The summed E-state index contributed by atoms with van der Waals surface area (Å²) in [5.74, 6) is 2.93. The Labute approximate surface area is 123 Å². The summed E-state index contributed by atoms with van der Waals surface area (Å²) in [5, 5.41) is 13.0. The lowest BCUT2D eigenvalue weighted by molar-refractivity contribution is -0.145. The lowest BCUT2D eigenvalue weighted by Crippen LogP contribution is -2.60. The molecule has 3 fully saturated rings. The fourth-order valence-electron chi connectivity index (χ4n) is 3.74. The van der Waals surface area contributed by atoms with E-state index in [1.54, 1.807) is 6.92 Å². The molecule has 4 rings (SSSR count). The first-order chi connectivity index (χ1) is 10.2. The van der Waals surface area contributed by atoms with E-state index in [0.717, 1.165) is 24.3 Å². The third kappa shape index (κ3) is 2.14. The van der Waals surface area contributed by atoms with E-state index in [4.69, 9.17) is 9.78 Å². The zero-order valence-corrected chi connectivity index (χ0v) is 12.2. The number of likely N-dealkylation sites (tertiary alicyclic amines) is 1. The van der Waals surface area contributed by atoms with Gasteiger partial charge in [-0.3, -0.25) is 4.79 Å². The van der Waals surface area contributed by atoms with Crippen molar-refractivity contribution in [3.8, 4) is 6.07 Å². The normalized spacial score (nSPS) is 28.1. The molecule has 1 amide bonds. The molecule has 110 valence electrons. The third-order valence-electron chi connectivity index (χ3n) is 5.22. The summed E-state index contributed by atoms with van der Waals surface area (Å²) in [7, 11) is 0. The minimum atomic E-state index is 0.105. The van der Waals surface area contributed by atoms with Crippen LogP contribution in [-0.4, -0.2) is 28.6 Å². The molecule has 0 bridgehead atoms. The van der Waals surface area contributed by atoms with Gasteiger partial charge in [-0.25, -0.2) is 0 Å². The predicted molar refractivity (Wildman–Crippen MR) is 74.1 cm³/mol. The molecule has 2 saturated carbocycles. The molecule has 2 aliphatic carbocycles. The van der Waals surface area contributed by atoms with Crippen LogP contribution in [0.5, 0.6) is 0 Å². The van der Waals surface area contributed by atoms with Gasteiger partial charge in [-0.2, -0.15) is 5.26 Å². The van der Waals surface area contributed by atoms with Gasteiger partial charge in [-0.15, -0.1) is 0 Å². The van der Waals surface area contributed by atoms with Gasteiger partial charge in [0.15, 0.2) is 5.76 Å². The largest absolute Gasteiger partial charge is 0.360 e. The number of aromatic nitrogens is 1. The monoisotopic (exact) mass is 285 g/mol. The van der Waals surface area contributed by atoms with Gasteiger partial charge in [0, 0.05) is 18.5 Å². The van der Waals surface area contributed by atoms with Crippen molar-refractivity contribution < 1.29 is 9.32 Å². The van der Waals surface area contributed by atoms with E-state index in [1.807, 2.05) is 4.90 Å². The molecule has 0 aromatic carbocycles. The maximum absolute atomic E-state index is 12.5. The lowest BCUT2D eigenvalue weighted by atomic mass is 9.81. The van der Waals surface area contributed by atoms with Crippen LogP contribution in [0.2, 0.25) is 0 Å². The molecule has 1 aromatic heterocycles. The van der Waals surface area contributed by atoms with Crippen molar-refractivity contribution in [2.45, 2.75) is 45.1 Å². The van der Waals surface area contributed by atoms with E-state index in [1.165, 1.54) is 25.7 Å². The molecule has 1 aromatic rings. The summed E-state index contributed by atoms with van der Waals surface area (Å²) < 4.78 is 5.03. The highest BCUT2D eigenvalue weighted by Crippen LogP contribution is 2.52. The summed E-state index contributed by atoms with van der Waals surface area (Å²) in [6.45, 7) is 2.61. The zero-order valence-electron chi connectivity index (χ0n) is 12.2. The molecule has 21 heavy (non-hydrogen) atoms. The second kappa shape index (κ2) is 4.59. The van der Waals surface area contributed by atoms with Crippen LogP contribution in [0.4, 0.5) is 0 Å². The molecular weight excluding hydrogens is 266 g/mol. The number of nitriles is 1. The zero-order chi connectivity index (χ0) is 14.6. The van der Waals surface area contributed by atoms with Crippen molar-refractivity contribution in [1.29, 1.82) is 5.26 Å². The summed E-state index contributed by atoms with van der Waals surface area (Å²) in [4.78, 5) is 14.6. The number of nitrogens with zero attached hydrogens (tertiary/aromatic N) is 3. The Morgan fingerprint density at radius 3 is 2.71 bits per heavy atom. The van der Waals surface area contributed by atoms with Crippen molar-refractivity contribution in [2.24, 2.45) is 17.8 Å². The molecule has 1 aliphatic heterocycles. The quantitative estimate of drug-likeness (QED) is 0.849. The van der Waals surface area contributed by atoms with Crippen molar-refractivity contribution in [1.82, 2.24) is 10.1 Å². The van der Waals surface area contributed by atoms with Crippen molar-refractivity contribution in [3.05, 3.63) is 17.0 Å². The Bertz CT molecular complexity index is 622. The summed E-state index contributed by atoms with van der Waals surface area (Å²) >= 11 is 0. The molecule has 0 radical (unpaired) electrons. The molecule has 0 spiro atoms. The predicted octanol–water partition coefficient (Wildman–Crippen LogP) is 2.04. The van der Waals surface area contributed by atoms with Gasteiger partial charge >= 0.3 is 0 Å². The van der Waals surface area contributed by atoms with Crippen LogP contribution < -0.4 is 0 Å². The summed E-state index contributed by atoms with van der Waals surface area (Å²) in [5.41, 5.74) is 0.912. The fraction of sp³-hybridized carbons (Fsp3) is 0.688. The van der Waals surface area contributed by atoms with Crippen LogP contribution in [0.1, 0.15) is 42.7 Å². The molecule has 0 N–H and O–H groups in total. The number of hydrogen-bond donors (Lipinski definition) is 0. The number of hydrogen-bond acceptors (Lipinski definition) is 4. The minimum absolute atomic E-state index is 0.105. The Kier molecular flexibility index (Phi) is 2.81. The van der Waals surface area contributed by atoms with Crippen molar-refractivity contribution in [3.63, 3.8) is 0 Å². The molecule has 2 unspecified atom stereocenters. The molecule has 2 heterocycles. The van der Waals surface area contributed by atoms with E-state index in [-0.39, 0.29) is 12.3 Å². The molecular formula is C16H19N3O2. The van der Waals surface area contributed by atoms with Crippen LogP contribution in [0.25, 0.3) is 0 Å². The van der Waals surface area contributed by atoms with Gasteiger partial charge in [0.25, 0.3) is 0 Å². The first-order valence-corrected chi connectivity index (χ1v) is 7.83. The maximum atomic E-state index is 12.5. The molecule has 3 aliphatic rings. The van der Waals surface area contributed by atoms with E-state index in [2.05, 4.69) is 11.2 Å². The van der Waals surface area contributed by atoms with E-state index in [9.17, 15) is 4.79 Å². The van der Waals surface area contributed by atoms with Gasteiger partial charge in [0.2, 0.25) is 5.91 Å². The maximum Gasteiger partial charge on any atom is 0.229 e. The first kappa shape index (κ1) is 12.9. The average molecular weight is 285 g/mol. The highest BCUT2D eigenvalue weighted by molar-refractivity contribution is 5.80. The van der Waals surface area contributed by atoms with Crippen LogP contribution in [0, 0.1) is 36.0 Å². The summed E-state index contributed by atoms with van der Waals surface area (Å²) in [6, 6.07) is 2.54. The van der Waals surface area contributed by atoms with Gasteiger partial charge in [-0.05, 0) is 44.4 Å². The third-order valence-corrected chi connectivity index (χ3v) is 5.22. The van der Waals surface area contributed by atoms with Crippen LogP contribution in [-0.2, 0) is 11.2 Å². The topological polar surface area (TPSA) is 70.1 Å². The smallest absolute Gasteiger partial charge is 0.229 e. The Morgan fingerprint density at radius 2 is 2.10 bits per heavy atom. The van der Waals surface area contributed by atoms with Gasteiger partial charge in [0.1, 0.15) is 17.3 Å². The average Bonchev–Trinajstić information content (AvgIpc) is 3.31. The number of carbonyl (C=O) groups excluding carboxylic acids is 1. The van der Waals surface area contributed by atoms with Gasteiger partial charge in [0.05, 0.1) is 6.42 Å². The fourth-order valence-corrected chi connectivity index (χ4v) is 3.74. The minimum Gasteiger partial charge on any atom is -0.360 e. The first-order valence-electron chi connectivity index (χ1n) is 7.83. The highest BCUT2D eigenvalue weighted by Gasteiger charge is 2.54. The molecule has 5 nitrogen and oxygen atoms in total. The van der Waals surface area contributed by atoms with Crippen LogP contribution in [0.15, 0.2) is 4.52 Å². The van der Waals surface area contributed by atoms with Crippen LogP contribution >= 0.6 is 0 Å². The number of rotatable bonds is 4. The molecule has 5 heteroatoms. The summed E-state index contributed by atoms with van der Waals surface area (Å²) in [6.07, 6.45) is 5.42. The Balaban J connectivity index is 1.46. The second-order valence-corrected chi connectivity index (χ2v) is 6.72.